The van der Waals surface area contributed by atoms with E-state index in [2.05, 4.69) is 27.4 Å². The number of nitrogens with one attached hydrogen (secondary N) is 1. The molecule has 1 saturated carbocycles. The van der Waals surface area contributed by atoms with E-state index in [1.54, 1.807) is 24.9 Å². The van der Waals surface area contributed by atoms with Gasteiger partial charge in [-0.05, 0) is 31.9 Å². The summed E-state index contributed by atoms with van der Waals surface area (Å²) in [6.45, 7) is 4.65. The predicted octanol–water partition coefficient (Wildman–Crippen LogP) is 2.14. The van der Waals surface area contributed by atoms with Crippen LogP contribution in [0.1, 0.15) is 60.0 Å². The Labute approximate surface area is 206 Å². The van der Waals surface area contributed by atoms with E-state index in [1.165, 1.54) is 16.0 Å². The van der Waals surface area contributed by atoms with E-state index in [0.29, 0.717) is 18.8 Å². The normalized spacial score (nSPS) is 23.3. The second-order valence-corrected chi connectivity index (χ2v) is 10.1. The minimum atomic E-state index is -1.06. The number of hydrogen-bond acceptors (Lipinski definition) is 5. The van der Waals surface area contributed by atoms with Crippen molar-refractivity contribution < 1.29 is 14.4 Å². The van der Waals surface area contributed by atoms with Crippen LogP contribution in [0.2, 0.25) is 0 Å². The molecule has 1 aromatic heterocycles. The number of carbonyl (C=O) groups is 3. The molecule has 1 saturated heterocycles. The molecule has 9 heteroatoms. The van der Waals surface area contributed by atoms with Crippen molar-refractivity contribution in [1.82, 2.24) is 24.9 Å². The van der Waals surface area contributed by atoms with Crippen LogP contribution in [-0.4, -0.2) is 82.1 Å². The largest absolute Gasteiger partial charge is 0.368 e. The maximum absolute atomic E-state index is 13.3. The number of nitrogens with zero attached hydrogens (tertiary/aromatic N) is 5. The van der Waals surface area contributed by atoms with Crippen molar-refractivity contribution in [2.24, 2.45) is 0 Å². The van der Waals surface area contributed by atoms with Gasteiger partial charge in [0.05, 0.1) is 6.54 Å². The third-order valence-corrected chi connectivity index (χ3v) is 7.84. The van der Waals surface area contributed by atoms with Crippen LogP contribution in [0, 0.1) is 0 Å². The maximum atomic E-state index is 13.3. The number of carbonyl (C=O) groups excluding carboxylic acids is 3. The molecule has 0 spiro atoms. The minimum Gasteiger partial charge on any atom is -0.368 e. The van der Waals surface area contributed by atoms with Crippen LogP contribution in [0.15, 0.2) is 36.4 Å². The molecule has 2 aromatic rings. The maximum Gasteiger partial charge on any atom is 0.274 e. The molecule has 5 rings (SSSR count). The fourth-order valence-electron chi connectivity index (χ4n) is 5.39. The Hall–Kier alpha value is -3.36. The molecular weight excluding hydrogens is 444 g/mol. The van der Waals surface area contributed by atoms with Gasteiger partial charge in [-0.15, -0.1) is 0 Å². The van der Waals surface area contributed by atoms with Crippen molar-refractivity contribution in [3.05, 3.63) is 47.8 Å². The second-order valence-electron chi connectivity index (χ2n) is 10.1. The topological polar surface area (TPSA) is 90.8 Å². The standard InChI is InChI=1S/C26H34N6O3/c1-26(25(35)27-19-9-5-3-6-10-19)18-32-22(24(34)29(26)2)17-21(28-32)23(33)31-15-13-30(14-16-31)20-11-7-4-8-12-20/h4,7-8,11-12,17,19H,3,5-6,9-10,13-16,18H2,1-2H3,(H,27,35)/t26-/m1/s1. The van der Waals surface area contributed by atoms with Crippen LogP contribution < -0.4 is 10.2 Å². The third-order valence-electron chi connectivity index (χ3n) is 7.84. The van der Waals surface area contributed by atoms with Gasteiger partial charge >= 0.3 is 0 Å². The Bertz CT molecular complexity index is 1100. The molecular formula is C26H34N6O3. The Morgan fingerprint density at radius 1 is 1.03 bits per heavy atom. The lowest BCUT2D eigenvalue weighted by Crippen LogP contribution is -2.63. The summed E-state index contributed by atoms with van der Waals surface area (Å²) < 4.78 is 1.54. The molecule has 0 radical (unpaired) electrons. The molecule has 3 heterocycles. The van der Waals surface area contributed by atoms with E-state index >= 15 is 0 Å². The Morgan fingerprint density at radius 3 is 2.40 bits per heavy atom. The summed E-state index contributed by atoms with van der Waals surface area (Å²) in [7, 11) is 1.66. The highest BCUT2D eigenvalue weighted by molar-refractivity contribution is 6.01. The first-order chi connectivity index (χ1) is 16.9. The van der Waals surface area contributed by atoms with Gasteiger partial charge in [0.1, 0.15) is 11.2 Å². The number of aromatic nitrogens is 2. The number of benzene rings is 1. The van der Waals surface area contributed by atoms with Crippen LogP contribution in [0.25, 0.3) is 0 Å². The number of piperazine rings is 1. The minimum absolute atomic E-state index is 0.155. The van der Waals surface area contributed by atoms with Gasteiger partial charge in [-0.25, -0.2) is 0 Å². The van der Waals surface area contributed by atoms with Crippen LogP contribution >= 0.6 is 0 Å². The van der Waals surface area contributed by atoms with E-state index < -0.39 is 5.54 Å². The lowest BCUT2D eigenvalue weighted by Gasteiger charge is -2.41. The lowest BCUT2D eigenvalue weighted by molar-refractivity contribution is -0.133. The molecule has 35 heavy (non-hydrogen) atoms. The molecule has 2 fully saturated rings. The fourth-order valence-corrected chi connectivity index (χ4v) is 5.39. The summed E-state index contributed by atoms with van der Waals surface area (Å²) in [6, 6.07) is 11.9. The highest BCUT2D eigenvalue weighted by atomic mass is 16.2. The number of para-hydroxylation sites is 1. The molecule has 0 bridgehead atoms. The summed E-state index contributed by atoms with van der Waals surface area (Å²) in [5, 5.41) is 7.65. The first-order valence-electron chi connectivity index (χ1n) is 12.6. The summed E-state index contributed by atoms with van der Waals surface area (Å²) in [4.78, 5) is 45.2. The third kappa shape index (κ3) is 4.39. The van der Waals surface area contributed by atoms with Gasteiger partial charge in [0, 0.05) is 51.0 Å². The van der Waals surface area contributed by atoms with Gasteiger partial charge in [-0.3, -0.25) is 19.1 Å². The highest BCUT2D eigenvalue weighted by Crippen LogP contribution is 2.28. The monoisotopic (exact) mass is 478 g/mol. The number of anilines is 1. The van der Waals surface area contributed by atoms with E-state index in [9.17, 15) is 14.4 Å². The van der Waals surface area contributed by atoms with E-state index in [0.717, 1.165) is 44.5 Å². The van der Waals surface area contributed by atoms with Gasteiger partial charge in [0.15, 0.2) is 5.69 Å². The molecule has 1 N–H and O–H groups in total. The predicted molar refractivity (Wildman–Crippen MR) is 132 cm³/mol. The molecule has 1 aromatic carbocycles. The number of rotatable bonds is 4. The average Bonchev–Trinajstić information content (AvgIpc) is 3.32. The first kappa shape index (κ1) is 23.4. The zero-order valence-electron chi connectivity index (χ0n) is 20.6. The zero-order chi connectivity index (χ0) is 24.6. The van der Waals surface area contributed by atoms with Gasteiger partial charge in [-0.2, -0.15) is 5.10 Å². The van der Waals surface area contributed by atoms with Gasteiger partial charge < -0.3 is 20.0 Å². The zero-order valence-corrected chi connectivity index (χ0v) is 20.6. The number of fused-ring (bicyclic) bond motifs is 1. The Morgan fingerprint density at radius 2 is 1.71 bits per heavy atom. The van der Waals surface area contributed by atoms with Crippen molar-refractivity contribution in [1.29, 1.82) is 0 Å². The molecule has 186 valence electrons. The van der Waals surface area contributed by atoms with Crippen molar-refractivity contribution in [3.63, 3.8) is 0 Å². The molecule has 9 nitrogen and oxygen atoms in total. The number of hydrogen-bond donors (Lipinski definition) is 1. The molecule has 0 unspecified atom stereocenters. The smallest absolute Gasteiger partial charge is 0.274 e. The summed E-state index contributed by atoms with van der Waals surface area (Å²) in [5.74, 6) is -0.632. The van der Waals surface area contributed by atoms with Crippen LogP contribution in [-0.2, 0) is 11.3 Å². The quantitative estimate of drug-likeness (QED) is 0.727. The Kier molecular flexibility index (Phi) is 6.25. The Balaban J connectivity index is 1.28. The van der Waals surface area contributed by atoms with Gasteiger partial charge in [0.25, 0.3) is 11.8 Å². The summed E-state index contributed by atoms with van der Waals surface area (Å²) >= 11 is 0. The van der Waals surface area contributed by atoms with E-state index in [-0.39, 0.29) is 36.0 Å². The van der Waals surface area contributed by atoms with Crippen molar-refractivity contribution in [2.45, 2.75) is 57.2 Å². The second kappa shape index (κ2) is 9.36. The van der Waals surface area contributed by atoms with Crippen molar-refractivity contribution in [2.75, 3.05) is 38.1 Å². The van der Waals surface area contributed by atoms with E-state index in [4.69, 9.17) is 0 Å². The van der Waals surface area contributed by atoms with Crippen molar-refractivity contribution in [3.8, 4) is 0 Å². The van der Waals surface area contributed by atoms with Crippen LogP contribution in [0.5, 0.6) is 0 Å². The summed E-state index contributed by atoms with van der Waals surface area (Å²) in [6.07, 6.45) is 5.39. The molecule has 1 atom stereocenters. The first-order valence-corrected chi connectivity index (χ1v) is 12.6. The SMILES string of the molecule is CN1C(=O)c2cc(C(=O)N3CCN(c4ccccc4)CC3)nn2C[C@]1(C)C(=O)NC1CCCCC1. The molecule has 1 aliphatic carbocycles. The van der Waals surface area contributed by atoms with Gasteiger partial charge in [-0.1, -0.05) is 37.5 Å². The molecule has 2 aliphatic heterocycles. The summed E-state index contributed by atoms with van der Waals surface area (Å²) in [5.41, 5.74) is 0.694. The number of likely N-dealkylation sites (N-methyl/N-ethyl adjacent to an activating group) is 1. The van der Waals surface area contributed by atoms with E-state index in [1.807, 2.05) is 18.2 Å². The van der Waals surface area contributed by atoms with Crippen molar-refractivity contribution >= 4 is 23.4 Å². The number of amides is 3. The molecule has 3 amide bonds. The average molecular weight is 479 g/mol. The fraction of sp³-hybridized carbons (Fsp3) is 0.538. The van der Waals surface area contributed by atoms with Crippen LogP contribution in [0.3, 0.4) is 0 Å². The lowest BCUT2D eigenvalue weighted by atomic mass is 9.92. The highest BCUT2D eigenvalue weighted by Gasteiger charge is 2.47. The van der Waals surface area contributed by atoms with Crippen LogP contribution in [0.4, 0.5) is 5.69 Å². The molecule has 3 aliphatic rings. The van der Waals surface area contributed by atoms with Gasteiger partial charge in [0.2, 0.25) is 5.91 Å².